The standard InChI is InChI=1S/C12H14N2O.C8H6BrN.C4H9NO/c13-9-11-1-3-12(4-2-11)10-14-5-7-15-8-6-14;9-5-7-1-3-8(6-10)4-2-7;1-3-6-4-2-5-1/h1-4H,5-8,10H2;1-4H,5H2;5H,1-4H2. The molecule has 0 atom stereocenters. The van der Waals surface area contributed by atoms with Gasteiger partial charge in [0.05, 0.1) is 49.7 Å². The van der Waals surface area contributed by atoms with Gasteiger partial charge in [-0.15, -0.1) is 0 Å². The minimum absolute atomic E-state index is 0.713. The van der Waals surface area contributed by atoms with Crippen molar-refractivity contribution in [1.29, 1.82) is 10.5 Å². The average molecular weight is 485 g/mol. The molecule has 0 bridgehead atoms. The summed E-state index contributed by atoms with van der Waals surface area (Å²) in [4.78, 5) is 2.37. The number of alkyl halides is 1. The molecule has 2 saturated heterocycles. The van der Waals surface area contributed by atoms with E-state index in [1.807, 2.05) is 48.5 Å². The predicted molar refractivity (Wildman–Crippen MR) is 125 cm³/mol. The Hall–Kier alpha value is -2.26. The number of morpholine rings is 2. The smallest absolute Gasteiger partial charge is 0.0991 e. The summed E-state index contributed by atoms with van der Waals surface area (Å²) in [6, 6.07) is 19.5. The Morgan fingerprint density at radius 3 is 1.65 bits per heavy atom. The fourth-order valence-corrected chi connectivity index (χ4v) is 3.26. The van der Waals surface area contributed by atoms with Crippen LogP contribution in [-0.4, -0.2) is 57.5 Å². The van der Waals surface area contributed by atoms with Crippen LogP contribution in [0.1, 0.15) is 22.3 Å². The highest BCUT2D eigenvalue weighted by Crippen LogP contribution is 2.08. The molecule has 2 aromatic carbocycles. The third-order valence-electron chi connectivity index (χ3n) is 4.68. The Kier molecular flexibility index (Phi) is 12.5. The largest absolute Gasteiger partial charge is 0.379 e. The molecule has 4 rings (SSSR count). The molecule has 0 aliphatic carbocycles. The number of ether oxygens (including phenoxy) is 2. The fraction of sp³-hybridized carbons (Fsp3) is 0.417. The second-order valence-corrected chi connectivity index (χ2v) is 7.56. The summed E-state index contributed by atoms with van der Waals surface area (Å²) in [6.45, 7) is 8.45. The van der Waals surface area contributed by atoms with E-state index >= 15 is 0 Å². The molecule has 2 fully saturated rings. The average Bonchev–Trinajstić information content (AvgIpc) is 2.87. The van der Waals surface area contributed by atoms with Crippen LogP contribution in [0.3, 0.4) is 0 Å². The van der Waals surface area contributed by atoms with Gasteiger partial charge in [0.1, 0.15) is 0 Å². The molecule has 1 N–H and O–H groups in total. The van der Waals surface area contributed by atoms with Gasteiger partial charge in [-0.3, -0.25) is 4.90 Å². The number of nitrogens with zero attached hydrogens (tertiary/aromatic N) is 3. The maximum atomic E-state index is 8.67. The van der Waals surface area contributed by atoms with Gasteiger partial charge in [0.25, 0.3) is 0 Å². The van der Waals surface area contributed by atoms with Gasteiger partial charge in [-0.2, -0.15) is 10.5 Å². The molecular formula is C24H29BrN4O2. The lowest BCUT2D eigenvalue weighted by Gasteiger charge is -2.26. The zero-order valence-electron chi connectivity index (χ0n) is 17.7. The minimum Gasteiger partial charge on any atom is -0.379 e. The molecule has 2 heterocycles. The Labute approximate surface area is 193 Å². The molecule has 0 unspecified atom stereocenters. The summed E-state index contributed by atoms with van der Waals surface area (Å²) in [5.41, 5.74) is 3.89. The Morgan fingerprint density at radius 1 is 0.774 bits per heavy atom. The first-order chi connectivity index (χ1) is 15.2. The zero-order chi connectivity index (χ0) is 22.2. The topological polar surface area (TPSA) is 81.3 Å². The third-order valence-corrected chi connectivity index (χ3v) is 5.32. The van der Waals surface area contributed by atoms with Crippen molar-refractivity contribution in [3.63, 3.8) is 0 Å². The Bertz CT molecular complexity index is 807. The van der Waals surface area contributed by atoms with Crippen LogP contribution in [0.25, 0.3) is 0 Å². The van der Waals surface area contributed by atoms with Crippen molar-refractivity contribution in [2.24, 2.45) is 0 Å². The van der Waals surface area contributed by atoms with Crippen LogP contribution in [0.5, 0.6) is 0 Å². The summed E-state index contributed by atoms with van der Waals surface area (Å²) in [5, 5.41) is 21.1. The van der Waals surface area contributed by atoms with Crippen molar-refractivity contribution in [3.05, 3.63) is 70.8 Å². The number of hydrogen-bond acceptors (Lipinski definition) is 6. The van der Waals surface area contributed by atoms with Crippen LogP contribution in [0, 0.1) is 22.7 Å². The molecule has 31 heavy (non-hydrogen) atoms. The van der Waals surface area contributed by atoms with E-state index in [1.165, 1.54) is 11.1 Å². The Balaban J connectivity index is 0.000000183. The second kappa shape index (κ2) is 15.5. The highest BCUT2D eigenvalue weighted by atomic mass is 79.9. The van der Waals surface area contributed by atoms with Crippen LogP contribution in [-0.2, 0) is 21.3 Å². The lowest BCUT2D eigenvalue weighted by Crippen LogP contribution is -2.35. The van der Waals surface area contributed by atoms with Gasteiger partial charge in [-0.25, -0.2) is 0 Å². The van der Waals surface area contributed by atoms with E-state index < -0.39 is 0 Å². The monoisotopic (exact) mass is 484 g/mol. The van der Waals surface area contributed by atoms with Gasteiger partial charge in [0, 0.05) is 38.1 Å². The van der Waals surface area contributed by atoms with E-state index in [1.54, 1.807) is 0 Å². The Morgan fingerprint density at radius 2 is 1.26 bits per heavy atom. The number of rotatable bonds is 3. The number of nitrogens with one attached hydrogen (secondary N) is 1. The van der Waals surface area contributed by atoms with E-state index in [4.69, 9.17) is 20.0 Å². The molecule has 0 radical (unpaired) electrons. The van der Waals surface area contributed by atoms with Crippen molar-refractivity contribution in [3.8, 4) is 12.1 Å². The van der Waals surface area contributed by atoms with Gasteiger partial charge in [0.15, 0.2) is 0 Å². The van der Waals surface area contributed by atoms with E-state index in [-0.39, 0.29) is 0 Å². The number of hydrogen-bond donors (Lipinski definition) is 1. The van der Waals surface area contributed by atoms with Crippen LogP contribution in [0.4, 0.5) is 0 Å². The summed E-state index contributed by atoms with van der Waals surface area (Å²) in [5.74, 6) is 0. The van der Waals surface area contributed by atoms with E-state index in [0.717, 1.165) is 70.0 Å². The van der Waals surface area contributed by atoms with Gasteiger partial charge < -0.3 is 14.8 Å². The molecule has 0 amide bonds. The van der Waals surface area contributed by atoms with Crippen LogP contribution >= 0.6 is 15.9 Å². The van der Waals surface area contributed by atoms with Crippen molar-refractivity contribution < 1.29 is 9.47 Å². The maximum absolute atomic E-state index is 8.67. The number of benzene rings is 2. The normalized spacial score (nSPS) is 15.8. The van der Waals surface area contributed by atoms with Crippen molar-refractivity contribution in [1.82, 2.24) is 10.2 Å². The number of nitriles is 2. The summed E-state index contributed by atoms with van der Waals surface area (Å²) < 4.78 is 10.3. The first-order valence-electron chi connectivity index (χ1n) is 10.4. The first kappa shape index (κ1) is 25.0. The first-order valence-corrected chi connectivity index (χ1v) is 11.5. The second-order valence-electron chi connectivity index (χ2n) is 7.00. The van der Waals surface area contributed by atoms with Crippen LogP contribution in [0.15, 0.2) is 48.5 Å². The van der Waals surface area contributed by atoms with E-state index in [0.29, 0.717) is 5.56 Å². The molecule has 7 heteroatoms. The van der Waals surface area contributed by atoms with Crippen molar-refractivity contribution in [2.45, 2.75) is 11.9 Å². The molecule has 0 aromatic heterocycles. The SMILES string of the molecule is C1COCCN1.N#Cc1ccc(CBr)cc1.N#Cc1ccc(CN2CCOCC2)cc1. The molecule has 6 nitrogen and oxygen atoms in total. The fourth-order valence-electron chi connectivity index (χ4n) is 2.89. The highest BCUT2D eigenvalue weighted by molar-refractivity contribution is 9.08. The molecule has 2 aliphatic rings. The summed E-state index contributed by atoms with van der Waals surface area (Å²) in [6.07, 6.45) is 0. The van der Waals surface area contributed by atoms with Crippen molar-refractivity contribution >= 4 is 15.9 Å². The van der Waals surface area contributed by atoms with Crippen LogP contribution < -0.4 is 5.32 Å². The molecule has 164 valence electrons. The quantitative estimate of drug-likeness (QED) is 0.671. The molecule has 0 spiro atoms. The maximum Gasteiger partial charge on any atom is 0.0991 e. The minimum atomic E-state index is 0.713. The lowest BCUT2D eigenvalue weighted by molar-refractivity contribution is 0.0342. The zero-order valence-corrected chi connectivity index (χ0v) is 19.3. The molecular weight excluding hydrogens is 456 g/mol. The van der Waals surface area contributed by atoms with Crippen LogP contribution in [0.2, 0.25) is 0 Å². The molecule has 2 aliphatic heterocycles. The van der Waals surface area contributed by atoms with Crippen molar-refractivity contribution in [2.75, 3.05) is 52.6 Å². The predicted octanol–water partition coefficient (Wildman–Crippen LogP) is 3.45. The van der Waals surface area contributed by atoms with E-state index in [2.05, 4.69) is 38.3 Å². The van der Waals surface area contributed by atoms with Gasteiger partial charge in [-0.05, 0) is 35.4 Å². The number of halogens is 1. The molecule has 0 saturated carbocycles. The lowest BCUT2D eigenvalue weighted by atomic mass is 10.1. The molecule has 2 aromatic rings. The van der Waals surface area contributed by atoms with Gasteiger partial charge >= 0.3 is 0 Å². The van der Waals surface area contributed by atoms with Gasteiger partial charge in [-0.1, -0.05) is 40.2 Å². The summed E-state index contributed by atoms with van der Waals surface area (Å²) in [7, 11) is 0. The van der Waals surface area contributed by atoms with Gasteiger partial charge in [0.2, 0.25) is 0 Å². The van der Waals surface area contributed by atoms with E-state index in [9.17, 15) is 0 Å². The third kappa shape index (κ3) is 10.5. The highest BCUT2D eigenvalue weighted by Gasteiger charge is 2.10. The summed E-state index contributed by atoms with van der Waals surface area (Å²) >= 11 is 3.32.